The predicted molar refractivity (Wildman–Crippen MR) is 107 cm³/mol. The molecule has 1 fully saturated rings. The zero-order valence-corrected chi connectivity index (χ0v) is 17.4. The fraction of sp³-hybridized carbons (Fsp3) is 0.550. The number of nitrogens with zero attached hydrogens (tertiary/aromatic N) is 4. The van der Waals surface area contributed by atoms with Crippen LogP contribution in [0.5, 0.6) is 5.88 Å². The first-order chi connectivity index (χ1) is 13.4. The molecule has 3 heterocycles. The van der Waals surface area contributed by atoms with Crippen molar-refractivity contribution >= 4 is 5.69 Å². The molecule has 0 aromatic carbocycles. The maximum absolute atomic E-state index is 13.3. The Labute approximate surface area is 165 Å². The maximum atomic E-state index is 13.3. The van der Waals surface area contributed by atoms with Crippen LogP contribution in [-0.2, 0) is 16.5 Å². The topological polar surface area (TPSA) is 78.7 Å². The van der Waals surface area contributed by atoms with Crippen LogP contribution in [0.4, 0.5) is 5.69 Å². The molecule has 8 heteroatoms. The van der Waals surface area contributed by atoms with E-state index < -0.39 is 0 Å². The van der Waals surface area contributed by atoms with Gasteiger partial charge in [0.15, 0.2) is 0 Å². The molecular weight excluding hydrogens is 360 g/mol. The van der Waals surface area contributed by atoms with Gasteiger partial charge in [-0.3, -0.25) is 9.36 Å². The van der Waals surface area contributed by atoms with Gasteiger partial charge in [-0.1, -0.05) is 0 Å². The summed E-state index contributed by atoms with van der Waals surface area (Å²) in [5.74, 6) is 1.12. The van der Waals surface area contributed by atoms with Crippen molar-refractivity contribution in [3.05, 3.63) is 33.9 Å². The van der Waals surface area contributed by atoms with Crippen LogP contribution in [-0.4, -0.2) is 61.2 Å². The van der Waals surface area contributed by atoms with E-state index in [1.54, 1.807) is 39.1 Å². The highest BCUT2D eigenvalue weighted by molar-refractivity contribution is 5.63. The summed E-state index contributed by atoms with van der Waals surface area (Å²) in [6.45, 7) is 5.00. The molecule has 0 unspecified atom stereocenters. The third-order valence-electron chi connectivity index (χ3n) is 5.33. The number of aromatic nitrogens is 3. The molecule has 0 bridgehead atoms. The Bertz CT molecular complexity index is 912. The van der Waals surface area contributed by atoms with E-state index in [4.69, 9.17) is 19.2 Å². The van der Waals surface area contributed by atoms with E-state index in [1.807, 2.05) is 19.9 Å². The van der Waals surface area contributed by atoms with Gasteiger partial charge in [-0.2, -0.15) is 0 Å². The standard InChI is InChI=1S/C20H28N4O4/c1-12-7-17(28-6)21-9-16(12)19-22-13(2)18(20(25)23(19)3)24-10-15(27-5)8-14(24)11-26-4/h7,9,14-15H,8,10-11H2,1-6H3/t14-,15+/m0/s1. The van der Waals surface area contributed by atoms with Crippen molar-refractivity contribution in [1.29, 1.82) is 0 Å². The Kier molecular flexibility index (Phi) is 6.00. The van der Waals surface area contributed by atoms with Gasteiger partial charge in [0, 0.05) is 45.6 Å². The molecule has 0 spiro atoms. The second-order valence-electron chi connectivity index (χ2n) is 7.13. The molecule has 2 aromatic heterocycles. The summed E-state index contributed by atoms with van der Waals surface area (Å²) < 4.78 is 17.7. The Hall–Kier alpha value is -2.45. The zero-order valence-electron chi connectivity index (χ0n) is 17.4. The summed E-state index contributed by atoms with van der Waals surface area (Å²) in [6, 6.07) is 1.92. The molecule has 152 valence electrons. The van der Waals surface area contributed by atoms with Crippen LogP contribution < -0.4 is 15.2 Å². The lowest BCUT2D eigenvalue weighted by molar-refractivity contribution is 0.111. The van der Waals surface area contributed by atoms with Gasteiger partial charge >= 0.3 is 0 Å². The monoisotopic (exact) mass is 388 g/mol. The smallest absolute Gasteiger partial charge is 0.277 e. The lowest BCUT2D eigenvalue weighted by atomic mass is 10.1. The van der Waals surface area contributed by atoms with E-state index in [0.29, 0.717) is 36.2 Å². The number of aryl methyl sites for hydroxylation is 2. The molecule has 8 nitrogen and oxygen atoms in total. The molecule has 0 aliphatic carbocycles. The normalized spacial score (nSPS) is 19.3. The number of pyridine rings is 1. The van der Waals surface area contributed by atoms with Gasteiger partial charge in [-0.25, -0.2) is 9.97 Å². The average Bonchev–Trinajstić information content (AvgIpc) is 3.08. The summed E-state index contributed by atoms with van der Waals surface area (Å²) in [5.41, 5.74) is 2.95. The molecule has 28 heavy (non-hydrogen) atoms. The van der Waals surface area contributed by atoms with E-state index in [0.717, 1.165) is 17.5 Å². The van der Waals surface area contributed by atoms with E-state index >= 15 is 0 Å². The van der Waals surface area contributed by atoms with Gasteiger partial charge in [-0.15, -0.1) is 0 Å². The molecule has 0 radical (unpaired) electrons. The molecule has 0 saturated carbocycles. The van der Waals surface area contributed by atoms with Gasteiger partial charge in [0.25, 0.3) is 5.56 Å². The molecule has 3 rings (SSSR count). The van der Waals surface area contributed by atoms with Crippen LogP contribution in [0.15, 0.2) is 17.1 Å². The number of hydrogen-bond donors (Lipinski definition) is 0. The first-order valence-electron chi connectivity index (χ1n) is 9.28. The first-order valence-corrected chi connectivity index (χ1v) is 9.28. The van der Waals surface area contributed by atoms with Crippen molar-refractivity contribution in [2.24, 2.45) is 7.05 Å². The molecule has 1 saturated heterocycles. The van der Waals surface area contributed by atoms with Gasteiger partial charge in [0.1, 0.15) is 11.5 Å². The summed E-state index contributed by atoms with van der Waals surface area (Å²) in [7, 11) is 6.69. The van der Waals surface area contributed by atoms with E-state index in [1.165, 1.54) is 0 Å². The van der Waals surface area contributed by atoms with Crippen molar-refractivity contribution in [3.63, 3.8) is 0 Å². The molecule has 0 amide bonds. The van der Waals surface area contributed by atoms with Gasteiger partial charge < -0.3 is 19.1 Å². The SMILES string of the molecule is COC[C@@H]1C[C@@H](OC)CN1c1c(C)nc(-c2cnc(OC)cc2C)n(C)c1=O. The van der Waals surface area contributed by atoms with Crippen molar-refractivity contribution in [1.82, 2.24) is 14.5 Å². The largest absolute Gasteiger partial charge is 0.481 e. The van der Waals surface area contributed by atoms with Gasteiger partial charge in [0.05, 0.1) is 31.6 Å². The predicted octanol–water partition coefficient (Wildman–Crippen LogP) is 1.71. The van der Waals surface area contributed by atoms with Crippen molar-refractivity contribution in [2.45, 2.75) is 32.4 Å². The van der Waals surface area contributed by atoms with Crippen LogP contribution in [0.3, 0.4) is 0 Å². The molecule has 2 aromatic rings. The van der Waals surface area contributed by atoms with Crippen LogP contribution in [0.1, 0.15) is 17.7 Å². The van der Waals surface area contributed by atoms with E-state index in [2.05, 4.69) is 9.88 Å². The van der Waals surface area contributed by atoms with Crippen LogP contribution in [0.2, 0.25) is 0 Å². The van der Waals surface area contributed by atoms with Crippen molar-refractivity contribution in [2.75, 3.05) is 39.4 Å². The maximum Gasteiger partial charge on any atom is 0.277 e. The van der Waals surface area contributed by atoms with Crippen LogP contribution in [0.25, 0.3) is 11.4 Å². The average molecular weight is 388 g/mol. The lowest BCUT2D eigenvalue weighted by Gasteiger charge is -2.27. The highest BCUT2D eigenvalue weighted by Gasteiger charge is 2.35. The van der Waals surface area contributed by atoms with Crippen molar-refractivity contribution < 1.29 is 14.2 Å². The minimum absolute atomic E-state index is 0.0666. The van der Waals surface area contributed by atoms with Crippen LogP contribution in [0, 0.1) is 13.8 Å². The minimum atomic E-state index is -0.0874. The number of hydrogen-bond acceptors (Lipinski definition) is 7. The zero-order chi connectivity index (χ0) is 20.4. The molecule has 0 N–H and O–H groups in total. The molecule has 1 aliphatic heterocycles. The fourth-order valence-electron chi connectivity index (χ4n) is 3.81. The molecule has 1 aliphatic rings. The highest BCUT2D eigenvalue weighted by Crippen LogP contribution is 2.29. The molecular formula is C20H28N4O4. The van der Waals surface area contributed by atoms with E-state index in [-0.39, 0.29) is 17.7 Å². The summed E-state index contributed by atoms with van der Waals surface area (Å²) in [4.78, 5) is 24.4. The second-order valence-corrected chi connectivity index (χ2v) is 7.13. The number of ether oxygens (including phenoxy) is 3. The quantitative estimate of drug-likeness (QED) is 0.745. The Morgan fingerprint density at radius 2 is 2.00 bits per heavy atom. The molecule has 2 atom stereocenters. The first kappa shape index (κ1) is 20.3. The summed E-state index contributed by atoms with van der Waals surface area (Å²) in [5, 5.41) is 0. The number of anilines is 1. The van der Waals surface area contributed by atoms with E-state index in [9.17, 15) is 4.79 Å². The summed E-state index contributed by atoms with van der Waals surface area (Å²) in [6.07, 6.45) is 2.58. The third-order valence-corrected chi connectivity index (χ3v) is 5.33. The van der Waals surface area contributed by atoms with Crippen LogP contribution >= 0.6 is 0 Å². The number of rotatable bonds is 6. The highest BCUT2D eigenvalue weighted by atomic mass is 16.5. The van der Waals surface area contributed by atoms with Gasteiger partial charge in [0.2, 0.25) is 5.88 Å². The number of methoxy groups -OCH3 is 3. The van der Waals surface area contributed by atoms with Gasteiger partial charge in [-0.05, 0) is 25.8 Å². The Balaban J connectivity index is 2.07. The second kappa shape index (κ2) is 8.28. The Morgan fingerprint density at radius 3 is 2.61 bits per heavy atom. The third kappa shape index (κ3) is 3.62. The summed E-state index contributed by atoms with van der Waals surface area (Å²) >= 11 is 0. The minimum Gasteiger partial charge on any atom is -0.481 e. The fourth-order valence-corrected chi connectivity index (χ4v) is 3.81. The lowest BCUT2D eigenvalue weighted by Crippen LogP contribution is -2.39. The Morgan fingerprint density at radius 1 is 1.25 bits per heavy atom. The van der Waals surface area contributed by atoms with Crippen molar-refractivity contribution in [3.8, 4) is 17.3 Å².